The fourth-order valence-electron chi connectivity index (χ4n) is 2.49. The maximum absolute atomic E-state index is 12.3. The Morgan fingerprint density at radius 3 is 2.50 bits per heavy atom. The lowest BCUT2D eigenvalue weighted by Gasteiger charge is -2.15. The molecule has 1 aromatic rings. The van der Waals surface area contributed by atoms with Crippen LogP contribution in [0.4, 0.5) is 4.79 Å². The molecule has 5 nitrogen and oxygen atoms in total. The highest BCUT2D eigenvalue weighted by atomic mass is 32.2. The van der Waals surface area contributed by atoms with E-state index in [1.54, 1.807) is 6.08 Å². The van der Waals surface area contributed by atoms with Gasteiger partial charge in [0.25, 0.3) is 11.1 Å². The standard InChI is InChI=1S/C18H22N2O3S/c1-3-14(4-2)16(21)19-10-11-20-17(22)15(24-18(20)23)12-13-8-6-5-7-9-13/h5-9,12,14H,3-4,10-11H2,1-2H3,(H,19,21)/b15-12+. The predicted molar refractivity (Wildman–Crippen MR) is 96.2 cm³/mol. The Labute approximate surface area is 146 Å². The van der Waals surface area contributed by atoms with Gasteiger partial charge < -0.3 is 5.32 Å². The van der Waals surface area contributed by atoms with Crippen LogP contribution in [0.25, 0.3) is 6.08 Å². The molecule has 128 valence electrons. The number of benzene rings is 1. The summed E-state index contributed by atoms with van der Waals surface area (Å²) in [6.45, 7) is 4.42. The Balaban J connectivity index is 1.93. The first-order valence-electron chi connectivity index (χ1n) is 8.15. The summed E-state index contributed by atoms with van der Waals surface area (Å²) in [5, 5.41) is 2.51. The van der Waals surface area contributed by atoms with Crippen LogP contribution in [-0.2, 0) is 9.59 Å². The minimum absolute atomic E-state index is 0.0158. The average molecular weight is 346 g/mol. The van der Waals surface area contributed by atoms with E-state index < -0.39 is 0 Å². The van der Waals surface area contributed by atoms with Gasteiger partial charge in [0, 0.05) is 19.0 Å². The topological polar surface area (TPSA) is 66.5 Å². The number of imide groups is 1. The van der Waals surface area contributed by atoms with Gasteiger partial charge in [0.2, 0.25) is 5.91 Å². The molecule has 1 N–H and O–H groups in total. The molecule has 24 heavy (non-hydrogen) atoms. The molecule has 1 heterocycles. The van der Waals surface area contributed by atoms with E-state index in [2.05, 4.69) is 5.32 Å². The van der Waals surface area contributed by atoms with Gasteiger partial charge in [-0.1, -0.05) is 44.2 Å². The van der Waals surface area contributed by atoms with Gasteiger partial charge in [0.05, 0.1) is 4.91 Å². The van der Waals surface area contributed by atoms with Gasteiger partial charge in [-0.05, 0) is 36.2 Å². The lowest BCUT2D eigenvalue weighted by Crippen LogP contribution is -2.39. The molecular weight excluding hydrogens is 324 g/mol. The first-order valence-corrected chi connectivity index (χ1v) is 8.96. The normalized spacial score (nSPS) is 16.3. The highest BCUT2D eigenvalue weighted by molar-refractivity contribution is 8.18. The smallest absolute Gasteiger partial charge is 0.293 e. The van der Waals surface area contributed by atoms with E-state index in [9.17, 15) is 14.4 Å². The van der Waals surface area contributed by atoms with Crippen molar-refractivity contribution in [3.63, 3.8) is 0 Å². The summed E-state index contributed by atoms with van der Waals surface area (Å²) in [4.78, 5) is 37.9. The van der Waals surface area contributed by atoms with E-state index in [4.69, 9.17) is 0 Å². The van der Waals surface area contributed by atoms with Crippen LogP contribution in [0.2, 0.25) is 0 Å². The van der Waals surface area contributed by atoms with E-state index in [1.807, 2.05) is 44.2 Å². The van der Waals surface area contributed by atoms with Gasteiger partial charge in [-0.2, -0.15) is 0 Å². The average Bonchev–Trinajstić information content (AvgIpc) is 2.84. The van der Waals surface area contributed by atoms with Crippen molar-refractivity contribution in [1.29, 1.82) is 0 Å². The number of thioether (sulfide) groups is 1. The zero-order valence-electron chi connectivity index (χ0n) is 14.0. The Morgan fingerprint density at radius 2 is 1.88 bits per heavy atom. The second-order valence-electron chi connectivity index (χ2n) is 5.55. The maximum atomic E-state index is 12.3. The first kappa shape index (κ1) is 18.3. The zero-order valence-corrected chi connectivity index (χ0v) is 14.8. The monoisotopic (exact) mass is 346 g/mol. The lowest BCUT2D eigenvalue weighted by atomic mass is 10.0. The minimum Gasteiger partial charge on any atom is -0.354 e. The molecule has 0 saturated carbocycles. The molecule has 1 saturated heterocycles. The van der Waals surface area contributed by atoms with Crippen molar-refractivity contribution in [2.75, 3.05) is 13.1 Å². The van der Waals surface area contributed by atoms with Crippen LogP contribution in [0.1, 0.15) is 32.3 Å². The summed E-state index contributed by atoms with van der Waals surface area (Å²) in [5.74, 6) is -0.338. The minimum atomic E-state index is -0.300. The number of carbonyl (C=O) groups excluding carboxylic acids is 3. The molecule has 0 aromatic heterocycles. The number of amides is 3. The van der Waals surface area contributed by atoms with E-state index in [0.717, 1.165) is 30.2 Å². The van der Waals surface area contributed by atoms with Crippen LogP contribution in [-0.4, -0.2) is 35.0 Å². The molecule has 0 spiro atoms. The molecule has 1 aliphatic heterocycles. The summed E-state index contributed by atoms with van der Waals surface area (Å²) < 4.78 is 0. The van der Waals surface area contributed by atoms with Crippen LogP contribution >= 0.6 is 11.8 Å². The molecule has 3 amide bonds. The molecule has 0 aliphatic carbocycles. The Morgan fingerprint density at radius 1 is 1.21 bits per heavy atom. The number of rotatable bonds is 7. The summed E-state index contributed by atoms with van der Waals surface area (Å²) >= 11 is 0.937. The third kappa shape index (κ3) is 4.47. The van der Waals surface area contributed by atoms with Crippen LogP contribution < -0.4 is 5.32 Å². The van der Waals surface area contributed by atoms with Crippen molar-refractivity contribution >= 4 is 34.9 Å². The Kier molecular flexibility index (Phi) is 6.61. The van der Waals surface area contributed by atoms with Crippen molar-refractivity contribution in [2.24, 2.45) is 5.92 Å². The molecular formula is C18H22N2O3S. The van der Waals surface area contributed by atoms with E-state index >= 15 is 0 Å². The molecule has 0 bridgehead atoms. The number of hydrogen-bond donors (Lipinski definition) is 1. The van der Waals surface area contributed by atoms with Crippen LogP contribution in [0, 0.1) is 5.92 Å². The zero-order chi connectivity index (χ0) is 17.5. The Bertz CT molecular complexity index is 639. The summed E-state index contributed by atoms with van der Waals surface area (Å²) in [5.41, 5.74) is 0.880. The van der Waals surface area contributed by atoms with E-state index in [-0.39, 0.29) is 36.1 Å². The van der Waals surface area contributed by atoms with Crippen LogP contribution in [0.15, 0.2) is 35.2 Å². The molecule has 1 aliphatic rings. The van der Waals surface area contributed by atoms with Crippen molar-refractivity contribution in [2.45, 2.75) is 26.7 Å². The van der Waals surface area contributed by atoms with Gasteiger partial charge in [0.15, 0.2) is 0 Å². The number of carbonyl (C=O) groups is 3. The van der Waals surface area contributed by atoms with E-state index in [0.29, 0.717) is 4.91 Å². The Hall–Kier alpha value is -2.08. The van der Waals surface area contributed by atoms with Crippen molar-refractivity contribution < 1.29 is 14.4 Å². The predicted octanol–water partition coefficient (Wildman–Crippen LogP) is 3.28. The number of hydrogen-bond acceptors (Lipinski definition) is 4. The highest BCUT2D eigenvalue weighted by Gasteiger charge is 2.34. The molecule has 1 fully saturated rings. The molecule has 0 unspecified atom stereocenters. The summed E-state index contributed by atoms with van der Waals surface area (Å²) in [6.07, 6.45) is 3.28. The van der Waals surface area contributed by atoms with Crippen molar-refractivity contribution in [3.8, 4) is 0 Å². The fourth-order valence-corrected chi connectivity index (χ4v) is 3.35. The fraction of sp³-hybridized carbons (Fsp3) is 0.389. The first-order chi connectivity index (χ1) is 11.6. The van der Waals surface area contributed by atoms with Crippen LogP contribution in [0.5, 0.6) is 0 Å². The van der Waals surface area contributed by atoms with Crippen LogP contribution in [0.3, 0.4) is 0 Å². The van der Waals surface area contributed by atoms with Gasteiger partial charge in [-0.15, -0.1) is 0 Å². The van der Waals surface area contributed by atoms with Crippen molar-refractivity contribution in [3.05, 3.63) is 40.8 Å². The molecule has 1 aromatic carbocycles. The largest absolute Gasteiger partial charge is 0.354 e. The van der Waals surface area contributed by atoms with Gasteiger partial charge >= 0.3 is 0 Å². The third-order valence-corrected chi connectivity index (χ3v) is 4.87. The number of nitrogens with one attached hydrogen (secondary N) is 1. The highest BCUT2D eigenvalue weighted by Crippen LogP contribution is 2.31. The molecule has 0 atom stereocenters. The van der Waals surface area contributed by atoms with Crippen molar-refractivity contribution in [1.82, 2.24) is 10.2 Å². The second kappa shape index (κ2) is 8.68. The second-order valence-corrected chi connectivity index (χ2v) is 6.54. The third-order valence-electron chi connectivity index (χ3n) is 3.96. The van der Waals surface area contributed by atoms with Gasteiger partial charge in [-0.3, -0.25) is 19.3 Å². The summed E-state index contributed by atoms with van der Waals surface area (Å²) in [7, 11) is 0. The number of nitrogens with zero attached hydrogens (tertiary/aromatic N) is 1. The molecule has 2 rings (SSSR count). The van der Waals surface area contributed by atoms with E-state index in [1.165, 1.54) is 4.90 Å². The van der Waals surface area contributed by atoms with Gasteiger partial charge in [-0.25, -0.2) is 0 Å². The SMILES string of the molecule is CCC(CC)C(=O)NCCN1C(=O)S/C(=C/c2ccccc2)C1=O. The quantitative estimate of drug-likeness (QED) is 0.770. The molecule has 0 radical (unpaired) electrons. The molecule has 6 heteroatoms. The van der Waals surface area contributed by atoms with Gasteiger partial charge in [0.1, 0.15) is 0 Å². The maximum Gasteiger partial charge on any atom is 0.293 e. The summed E-state index contributed by atoms with van der Waals surface area (Å²) in [6, 6.07) is 9.41. The lowest BCUT2D eigenvalue weighted by molar-refractivity contribution is -0.126.